The zero-order chi connectivity index (χ0) is 19.2. The molecule has 1 fully saturated rings. The number of unbranched alkanes of at least 4 members (excludes halogenated alkanes) is 1. The number of amides is 1. The van der Waals surface area contributed by atoms with Crippen LogP contribution in [0, 0.1) is 0 Å². The van der Waals surface area contributed by atoms with Gasteiger partial charge in [0.05, 0.1) is 15.5 Å². The summed E-state index contributed by atoms with van der Waals surface area (Å²) in [6.45, 7) is 2.99. The maximum Gasteiger partial charge on any atom is 0.340 e. The van der Waals surface area contributed by atoms with E-state index in [4.69, 9.17) is 16.3 Å². The van der Waals surface area contributed by atoms with Crippen molar-refractivity contribution in [2.45, 2.75) is 37.5 Å². The predicted octanol–water partition coefficient (Wildman–Crippen LogP) is 2.20. The van der Waals surface area contributed by atoms with E-state index in [2.05, 4.69) is 5.32 Å². The Morgan fingerprint density at radius 3 is 2.62 bits per heavy atom. The molecule has 1 saturated heterocycles. The van der Waals surface area contributed by atoms with Crippen LogP contribution in [0.5, 0.6) is 0 Å². The first-order valence-corrected chi connectivity index (χ1v) is 10.4. The summed E-state index contributed by atoms with van der Waals surface area (Å²) in [4.78, 5) is 23.8. The monoisotopic (exact) mass is 402 g/mol. The maximum absolute atomic E-state index is 12.6. The van der Waals surface area contributed by atoms with Crippen molar-refractivity contribution in [1.29, 1.82) is 0 Å². The third-order valence-corrected chi connectivity index (χ3v) is 6.27. The fourth-order valence-electron chi connectivity index (χ4n) is 2.56. The minimum atomic E-state index is -3.67. The van der Waals surface area contributed by atoms with Crippen molar-refractivity contribution in [2.24, 2.45) is 0 Å². The summed E-state index contributed by atoms with van der Waals surface area (Å²) in [5, 5.41) is 2.70. The van der Waals surface area contributed by atoms with Crippen LogP contribution >= 0.6 is 11.6 Å². The molecule has 9 heteroatoms. The van der Waals surface area contributed by atoms with Crippen LogP contribution in [0.25, 0.3) is 0 Å². The maximum atomic E-state index is 12.6. The van der Waals surface area contributed by atoms with Crippen molar-refractivity contribution in [3.05, 3.63) is 28.8 Å². The van der Waals surface area contributed by atoms with Crippen molar-refractivity contribution in [3.8, 4) is 0 Å². The van der Waals surface area contributed by atoms with Crippen LogP contribution in [-0.4, -0.2) is 50.8 Å². The second-order valence-electron chi connectivity index (χ2n) is 6.03. The van der Waals surface area contributed by atoms with Gasteiger partial charge in [0, 0.05) is 19.6 Å². The van der Waals surface area contributed by atoms with Gasteiger partial charge in [-0.2, -0.15) is 4.31 Å². The fourth-order valence-corrected chi connectivity index (χ4v) is 4.30. The number of carbonyl (C=O) groups is 2. The molecule has 7 nitrogen and oxygen atoms in total. The predicted molar refractivity (Wildman–Crippen MR) is 97.6 cm³/mol. The van der Waals surface area contributed by atoms with Gasteiger partial charge < -0.3 is 10.1 Å². The number of benzene rings is 1. The molecule has 2 rings (SSSR count). The van der Waals surface area contributed by atoms with Crippen LogP contribution in [0.3, 0.4) is 0 Å². The van der Waals surface area contributed by atoms with E-state index < -0.39 is 28.5 Å². The number of esters is 1. The fraction of sp³-hybridized carbons (Fsp3) is 0.529. The smallest absolute Gasteiger partial charge is 0.340 e. The lowest BCUT2D eigenvalue weighted by Crippen LogP contribution is -2.30. The van der Waals surface area contributed by atoms with Gasteiger partial charge in [-0.25, -0.2) is 13.2 Å². The minimum Gasteiger partial charge on any atom is -0.452 e. The number of hydrogen-bond acceptors (Lipinski definition) is 5. The molecule has 0 aromatic heterocycles. The summed E-state index contributed by atoms with van der Waals surface area (Å²) < 4.78 is 31.5. The third-order valence-electron chi connectivity index (χ3n) is 4.05. The Hall–Kier alpha value is -1.64. The number of rotatable bonds is 8. The molecule has 1 N–H and O–H groups in total. The van der Waals surface area contributed by atoms with Gasteiger partial charge in [0.2, 0.25) is 10.0 Å². The number of halogens is 1. The van der Waals surface area contributed by atoms with E-state index >= 15 is 0 Å². The van der Waals surface area contributed by atoms with E-state index in [9.17, 15) is 18.0 Å². The highest BCUT2D eigenvalue weighted by Crippen LogP contribution is 2.25. The molecule has 1 aromatic carbocycles. The zero-order valence-electron chi connectivity index (χ0n) is 14.7. The zero-order valence-corrected chi connectivity index (χ0v) is 16.2. The van der Waals surface area contributed by atoms with Gasteiger partial charge in [0.15, 0.2) is 6.61 Å². The van der Waals surface area contributed by atoms with Gasteiger partial charge >= 0.3 is 5.97 Å². The highest BCUT2D eigenvalue weighted by Gasteiger charge is 2.28. The Morgan fingerprint density at radius 2 is 1.96 bits per heavy atom. The average molecular weight is 403 g/mol. The molecular weight excluding hydrogens is 380 g/mol. The Balaban J connectivity index is 2.06. The topological polar surface area (TPSA) is 92.8 Å². The Kier molecular flexibility index (Phi) is 7.43. The van der Waals surface area contributed by atoms with Crippen molar-refractivity contribution in [3.63, 3.8) is 0 Å². The van der Waals surface area contributed by atoms with Crippen LogP contribution < -0.4 is 5.32 Å². The van der Waals surface area contributed by atoms with E-state index in [1.54, 1.807) is 0 Å². The highest BCUT2D eigenvalue weighted by atomic mass is 35.5. The second-order valence-corrected chi connectivity index (χ2v) is 8.38. The summed E-state index contributed by atoms with van der Waals surface area (Å²) in [6.07, 6.45) is 3.40. The molecule has 0 bridgehead atoms. The lowest BCUT2D eigenvalue weighted by Gasteiger charge is -2.16. The quantitative estimate of drug-likeness (QED) is 0.531. The van der Waals surface area contributed by atoms with Crippen LogP contribution in [0.15, 0.2) is 23.1 Å². The normalized spacial score (nSPS) is 15.0. The standard InChI is InChI=1S/C17H23ClN2O5S/c1-2-3-8-19-16(21)12-25-17(22)14-11-13(6-7-15(14)18)26(23,24)20-9-4-5-10-20/h6-7,11H,2-5,8-10,12H2,1H3,(H,19,21). The number of carbonyl (C=O) groups excluding carboxylic acids is 2. The van der Waals surface area contributed by atoms with Gasteiger partial charge in [-0.1, -0.05) is 24.9 Å². The van der Waals surface area contributed by atoms with Crippen molar-refractivity contribution in [2.75, 3.05) is 26.2 Å². The van der Waals surface area contributed by atoms with E-state index in [0.29, 0.717) is 19.6 Å². The molecule has 26 heavy (non-hydrogen) atoms. The van der Waals surface area contributed by atoms with Crippen LogP contribution in [0.1, 0.15) is 43.0 Å². The van der Waals surface area contributed by atoms with E-state index in [1.807, 2.05) is 6.92 Å². The Bertz CT molecular complexity index is 760. The molecular formula is C17H23ClN2O5S. The molecule has 0 atom stereocenters. The summed E-state index contributed by atoms with van der Waals surface area (Å²) in [6, 6.07) is 3.92. The molecule has 0 spiro atoms. The van der Waals surface area contributed by atoms with Gasteiger partial charge in [0.25, 0.3) is 5.91 Å². The Morgan fingerprint density at radius 1 is 1.27 bits per heavy atom. The van der Waals surface area contributed by atoms with E-state index in [1.165, 1.54) is 22.5 Å². The molecule has 1 aliphatic rings. The largest absolute Gasteiger partial charge is 0.452 e. The first kappa shape index (κ1) is 20.7. The molecule has 0 aliphatic carbocycles. The molecule has 0 radical (unpaired) electrons. The van der Waals surface area contributed by atoms with Gasteiger partial charge in [-0.15, -0.1) is 0 Å². The van der Waals surface area contributed by atoms with E-state index in [0.717, 1.165) is 25.7 Å². The second kappa shape index (κ2) is 9.34. The van der Waals surface area contributed by atoms with Crippen molar-refractivity contribution >= 4 is 33.5 Å². The lowest BCUT2D eigenvalue weighted by atomic mass is 10.2. The molecule has 1 heterocycles. The Labute approximate surface area is 158 Å². The molecule has 0 unspecified atom stereocenters. The SMILES string of the molecule is CCCCNC(=O)COC(=O)c1cc(S(=O)(=O)N2CCCC2)ccc1Cl. The molecule has 1 aromatic rings. The summed E-state index contributed by atoms with van der Waals surface area (Å²) in [5.41, 5.74) is -0.0757. The number of nitrogens with zero attached hydrogens (tertiary/aromatic N) is 1. The minimum absolute atomic E-state index is 0.0110. The third kappa shape index (κ3) is 5.18. The number of sulfonamides is 1. The average Bonchev–Trinajstić information content (AvgIpc) is 3.15. The first-order valence-electron chi connectivity index (χ1n) is 8.59. The number of nitrogens with one attached hydrogen (secondary N) is 1. The number of ether oxygens (including phenoxy) is 1. The summed E-state index contributed by atoms with van der Waals surface area (Å²) in [5.74, 6) is -1.25. The van der Waals surface area contributed by atoms with Gasteiger partial charge in [0.1, 0.15) is 0 Å². The first-order chi connectivity index (χ1) is 12.4. The summed E-state index contributed by atoms with van der Waals surface area (Å²) >= 11 is 6.01. The lowest BCUT2D eigenvalue weighted by molar-refractivity contribution is -0.124. The summed E-state index contributed by atoms with van der Waals surface area (Å²) in [7, 11) is -3.67. The van der Waals surface area contributed by atoms with Crippen molar-refractivity contribution in [1.82, 2.24) is 9.62 Å². The van der Waals surface area contributed by atoms with Gasteiger partial charge in [-0.3, -0.25) is 4.79 Å². The van der Waals surface area contributed by atoms with E-state index in [-0.39, 0.29) is 15.5 Å². The molecule has 0 saturated carbocycles. The van der Waals surface area contributed by atoms with Crippen LogP contribution in [0.4, 0.5) is 0 Å². The van der Waals surface area contributed by atoms with Crippen molar-refractivity contribution < 1.29 is 22.7 Å². The van der Waals surface area contributed by atoms with Crippen LogP contribution in [0.2, 0.25) is 5.02 Å². The van der Waals surface area contributed by atoms with Crippen LogP contribution in [-0.2, 0) is 19.6 Å². The number of hydrogen-bond donors (Lipinski definition) is 1. The molecule has 1 amide bonds. The highest BCUT2D eigenvalue weighted by molar-refractivity contribution is 7.89. The molecule has 144 valence electrons. The van der Waals surface area contributed by atoms with Gasteiger partial charge in [-0.05, 0) is 37.5 Å². The molecule has 1 aliphatic heterocycles.